The van der Waals surface area contributed by atoms with Crippen LogP contribution < -0.4 is 10.1 Å². The van der Waals surface area contributed by atoms with Crippen LogP contribution in [0.1, 0.15) is 18.4 Å². The van der Waals surface area contributed by atoms with E-state index >= 15 is 0 Å². The first-order valence-electron chi connectivity index (χ1n) is 9.99. The number of nitrogens with one attached hydrogen (secondary N) is 1. The molecule has 1 N–H and O–H groups in total. The van der Waals surface area contributed by atoms with Gasteiger partial charge in [-0.2, -0.15) is 0 Å². The molecule has 0 amide bonds. The van der Waals surface area contributed by atoms with Crippen molar-refractivity contribution < 1.29 is 9.47 Å². The summed E-state index contributed by atoms with van der Waals surface area (Å²) in [7, 11) is 1.70. The monoisotopic (exact) mass is 375 g/mol. The van der Waals surface area contributed by atoms with Crippen molar-refractivity contribution >= 4 is 16.6 Å². The summed E-state index contributed by atoms with van der Waals surface area (Å²) >= 11 is 0. The van der Waals surface area contributed by atoms with Gasteiger partial charge < -0.3 is 14.8 Å². The molecule has 3 aromatic rings. The minimum atomic E-state index is 0.422. The Balaban J connectivity index is 1.58. The molecule has 2 fully saturated rings. The van der Waals surface area contributed by atoms with E-state index in [4.69, 9.17) is 9.47 Å². The second-order valence-electron chi connectivity index (χ2n) is 7.95. The lowest BCUT2D eigenvalue weighted by atomic mass is 9.96. The fourth-order valence-corrected chi connectivity index (χ4v) is 4.71. The molecular weight excluding hydrogens is 350 g/mol. The predicted octanol–water partition coefficient (Wildman–Crippen LogP) is 4.45. The number of hydrogen-bond donors (Lipinski definition) is 1. The second-order valence-corrected chi connectivity index (χ2v) is 7.95. The Morgan fingerprint density at radius 3 is 2.50 bits per heavy atom. The van der Waals surface area contributed by atoms with Crippen LogP contribution in [-0.4, -0.2) is 36.6 Å². The highest BCUT2D eigenvalue weighted by Gasteiger charge is 2.40. The zero-order chi connectivity index (χ0) is 19.1. The van der Waals surface area contributed by atoms with Crippen molar-refractivity contribution in [3.63, 3.8) is 0 Å². The molecule has 144 valence electrons. The number of ether oxygens (including phenoxy) is 2. The number of nitrogens with zero attached hydrogens (tertiary/aromatic N) is 2. The van der Waals surface area contributed by atoms with E-state index in [1.54, 1.807) is 7.11 Å². The molecule has 0 radical (unpaired) electrons. The average Bonchev–Trinajstić information content (AvgIpc) is 2.94. The van der Waals surface area contributed by atoms with Gasteiger partial charge in [0.25, 0.3) is 0 Å². The van der Waals surface area contributed by atoms with Crippen LogP contribution in [0.5, 0.6) is 5.75 Å². The van der Waals surface area contributed by atoms with Gasteiger partial charge in [0.15, 0.2) is 5.82 Å². The summed E-state index contributed by atoms with van der Waals surface area (Å²) in [5.41, 5.74) is 2.98. The zero-order valence-electron chi connectivity index (χ0n) is 16.3. The molecule has 2 unspecified atom stereocenters. The minimum absolute atomic E-state index is 0.422. The van der Waals surface area contributed by atoms with Crippen LogP contribution in [-0.2, 0) is 4.74 Å². The smallest absolute Gasteiger partial charge is 0.156 e. The Morgan fingerprint density at radius 2 is 1.75 bits per heavy atom. The minimum Gasteiger partial charge on any atom is -0.496 e. The van der Waals surface area contributed by atoms with Gasteiger partial charge in [0, 0.05) is 34.2 Å². The summed E-state index contributed by atoms with van der Waals surface area (Å²) in [6, 6.07) is 15.0. The van der Waals surface area contributed by atoms with Crippen LogP contribution in [0.25, 0.3) is 22.0 Å². The Hall–Kier alpha value is -2.66. The molecule has 1 saturated carbocycles. The van der Waals surface area contributed by atoms with E-state index in [-0.39, 0.29) is 0 Å². The number of aromatic nitrogens is 2. The predicted molar refractivity (Wildman–Crippen MR) is 111 cm³/mol. The van der Waals surface area contributed by atoms with Crippen molar-refractivity contribution in [3.05, 3.63) is 48.0 Å². The van der Waals surface area contributed by atoms with Gasteiger partial charge in [-0.3, -0.25) is 0 Å². The number of fused-ring (bicyclic) bond motifs is 3. The van der Waals surface area contributed by atoms with E-state index in [9.17, 15) is 0 Å². The molecule has 2 bridgehead atoms. The maximum atomic E-state index is 5.73. The topological polar surface area (TPSA) is 56.3 Å². The number of methoxy groups -OCH3 is 1. The summed E-state index contributed by atoms with van der Waals surface area (Å²) < 4.78 is 11.4. The van der Waals surface area contributed by atoms with Crippen molar-refractivity contribution in [3.8, 4) is 17.0 Å². The highest BCUT2D eigenvalue weighted by molar-refractivity contribution is 6.01. The van der Waals surface area contributed by atoms with Gasteiger partial charge in [-0.1, -0.05) is 30.3 Å². The Kier molecular flexibility index (Phi) is 4.40. The van der Waals surface area contributed by atoms with E-state index in [1.807, 2.05) is 6.07 Å². The third kappa shape index (κ3) is 2.90. The molecule has 0 spiro atoms. The van der Waals surface area contributed by atoms with Crippen LogP contribution in [0.2, 0.25) is 0 Å². The molecule has 2 heterocycles. The van der Waals surface area contributed by atoms with Crippen LogP contribution >= 0.6 is 0 Å². The third-order valence-corrected chi connectivity index (χ3v) is 6.19. The number of benzene rings is 2. The van der Waals surface area contributed by atoms with Crippen molar-refractivity contribution in [1.29, 1.82) is 0 Å². The van der Waals surface area contributed by atoms with Crippen LogP contribution in [0.3, 0.4) is 0 Å². The van der Waals surface area contributed by atoms with Gasteiger partial charge in [0.2, 0.25) is 0 Å². The summed E-state index contributed by atoms with van der Waals surface area (Å²) in [6.07, 6.45) is 2.46. The highest BCUT2D eigenvalue weighted by Crippen LogP contribution is 2.40. The van der Waals surface area contributed by atoms with Gasteiger partial charge in [-0.25, -0.2) is 0 Å². The molecule has 5 heteroatoms. The first kappa shape index (κ1) is 17.4. The lowest BCUT2D eigenvalue weighted by molar-refractivity contribution is 0.0392. The van der Waals surface area contributed by atoms with E-state index in [0.717, 1.165) is 52.4 Å². The lowest BCUT2D eigenvalue weighted by Gasteiger charge is -2.31. The Bertz CT molecular complexity index is 1000. The summed E-state index contributed by atoms with van der Waals surface area (Å²) in [5.74, 6) is 2.82. The fraction of sp³-hybridized carbons (Fsp3) is 0.391. The standard InChI is InChI=1S/C23H25N3O2/c1-14-7-10-19(20(11-14)27-2)22-17-5-3-4-6-18(17)23(26-25-22)24-21-15-8-9-16(21)13-28-12-15/h3-7,10-11,15-16,21H,8-9,12-13H2,1-2H3,(H,24,26). The number of anilines is 1. The lowest BCUT2D eigenvalue weighted by Crippen LogP contribution is -2.39. The first-order chi connectivity index (χ1) is 13.7. The molecule has 28 heavy (non-hydrogen) atoms. The molecule has 2 aliphatic rings. The van der Waals surface area contributed by atoms with E-state index in [2.05, 4.69) is 58.8 Å². The molecule has 2 aromatic carbocycles. The molecule has 1 aromatic heterocycles. The van der Waals surface area contributed by atoms with Gasteiger partial charge in [-0.05, 0) is 37.5 Å². The van der Waals surface area contributed by atoms with Crippen LogP contribution in [0.15, 0.2) is 42.5 Å². The molecule has 2 atom stereocenters. The van der Waals surface area contributed by atoms with Gasteiger partial charge in [-0.15, -0.1) is 10.2 Å². The van der Waals surface area contributed by atoms with Gasteiger partial charge in [0.1, 0.15) is 11.4 Å². The second kappa shape index (κ2) is 7.06. The average molecular weight is 375 g/mol. The normalized spacial score (nSPS) is 23.7. The highest BCUT2D eigenvalue weighted by atomic mass is 16.5. The maximum absolute atomic E-state index is 5.73. The number of hydrogen-bond acceptors (Lipinski definition) is 5. The fourth-order valence-electron chi connectivity index (χ4n) is 4.71. The van der Waals surface area contributed by atoms with Crippen molar-refractivity contribution in [1.82, 2.24) is 10.2 Å². The summed E-state index contributed by atoms with van der Waals surface area (Å²) in [4.78, 5) is 0. The summed E-state index contributed by atoms with van der Waals surface area (Å²) in [5, 5.41) is 15.1. The first-order valence-corrected chi connectivity index (χ1v) is 9.99. The van der Waals surface area contributed by atoms with Gasteiger partial charge in [0.05, 0.1) is 20.3 Å². The Labute approximate surface area is 165 Å². The Morgan fingerprint density at radius 1 is 1.00 bits per heavy atom. The summed E-state index contributed by atoms with van der Waals surface area (Å²) in [6.45, 7) is 3.75. The van der Waals surface area contributed by atoms with Crippen molar-refractivity contribution in [2.24, 2.45) is 11.8 Å². The van der Waals surface area contributed by atoms with Crippen molar-refractivity contribution in [2.45, 2.75) is 25.8 Å². The molecular formula is C23H25N3O2. The molecule has 1 saturated heterocycles. The van der Waals surface area contributed by atoms with E-state index < -0.39 is 0 Å². The number of rotatable bonds is 4. The van der Waals surface area contributed by atoms with E-state index in [0.29, 0.717) is 17.9 Å². The third-order valence-electron chi connectivity index (χ3n) is 6.19. The van der Waals surface area contributed by atoms with Crippen LogP contribution in [0, 0.1) is 18.8 Å². The number of aryl methyl sites for hydroxylation is 1. The zero-order valence-corrected chi connectivity index (χ0v) is 16.3. The SMILES string of the molecule is COc1cc(C)ccc1-c1nnc(NC2C3CCC2COC3)c2ccccc12. The van der Waals surface area contributed by atoms with E-state index in [1.165, 1.54) is 12.8 Å². The van der Waals surface area contributed by atoms with Gasteiger partial charge >= 0.3 is 0 Å². The van der Waals surface area contributed by atoms with Crippen molar-refractivity contribution in [2.75, 3.05) is 25.6 Å². The maximum Gasteiger partial charge on any atom is 0.156 e. The molecule has 1 aliphatic carbocycles. The molecule has 5 rings (SSSR count). The molecule has 5 nitrogen and oxygen atoms in total. The molecule has 1 aliphatic heterocycles. The van der Waals surface area contributed by atoms with Crippen LogP contribution in [0.4, 0.5) is 5.82 Å². The largest absolute Gasteiger partial charge is 0.496 e. The quantitative estimate of drug-likeness (QED) is 0.730.